The van der Waals surface area contributed by atoms with Gasteiger partial charge in [-0.1, -0.05) is 18.2 Å². The van der Waals surface area contributed by atoms with Crippen molar-refractivity contribution in [2.45, 2.75) is 25.4 Å². The van der Waals surface area contributed by atoms with Gasteiger partial charge in [-0.25, -0.2) is 0 Å². The normalized spacial score (nSPS) is 26.8. The van der Waals surface area contributed by atoms with Crippen molar-refractivity contribution >= 4 is 24.8 Å². The summed E-state index contributed by atoms with van der Waals surface area (Å²) in [5, 5.41) is 3.47. The number of fused-ring (bicyclic) bond motifs is 1. The van der Waals surface area contributed by atoms with Crippen molar-refractivity contribution in [3.63, 3.8) is 0 Å². The highest BCUT2D eigenvalue weighted by Gasteiger charge is 2.52. The van der Waals surface area contributed by atoms with Crippen molar-refractivity contribution in [1.82, 2.24) is 15.1 Å². The van der Waals surface area contributed by atoms with Crippen LogP contribution in [0.3, 0.4) is 0 Å². The molecule has 0 bridgehead atoms. The SMILES string of the molecule is CN(CC1CCN(CCc2cccc(C(F)(F)F)c2)CC1)CC1[C@H]2CNC[C@@H]12.Cl.Cl. The fourth-order valence-corrected chi connectivity index (χ4v) is 5.28. The lowest BCUT2D eigenvalue weighted by Crippen LogP contribution is -2.39. The molecule has 1 unspecified atom stereocenters. The van der Waals surface area contributed by atoms with Crippen molar-refractivity contribution < 1.29 is 13.2 Å². The van der Waals surface area contributed by atoms with E-state index in [1.54, 1.807) is 6.07 Å². The molecule has 2 aliphatic heterocycles. The molecule has 1 aromatic rings. The molecule has 1 N–H and O–H groups in total. The average Bonchev–Trinajstić information content (AvgIpc) is 3.08. The van der Waals surface area contributed by atoms with Crippen LogP contribution in [0.4, 0.5) is 13.2 Å². The van der Waals surface area contributed by atoms with Crippen LogP contribution in [0.2, 0.25) is 0 Å². The molecule has 3 fully saturated rings. The molecule has 4 rings (SSSR count). The monoisotopic (exact) mass is 467 g/mol. The molecule has 1 saturated carbocycles. The zero-order valence-corrected chi connectivity index (χ0v) is 19.2. The molecule has 0 aromatic heterocycles. The number of nitrogens with zero attached hydrogens (tertiary/aromatic N) is 2. The Bertz CT molecular complexity index is 655. The van der Waals surface area contributed by atoms with Gasteiger partial charge in [-0.05, 0) is 87.8 Å². The Morgan fingerprint density at radius 1 is 1.07 bits per heavy atom. The first-order chi connectivity index (χ1) is 13.4. The van der Waals surface area contributed by atoms with E-state index in [9.17, 15) is 13.2 Å². The molecule has 3 nitrogen and oxygen atoms in total. The number of likely N-dealkylation sites (tertiary alicyclic amines) is 1. The summed E-state index contributed by atoms with van der Waals surface area (Å²) in [7, 11) is 2.27. The summed E-state index contributed by atoms with van der Waals surface area (Å²) in [6, 6.07) is 5.77. The maximum Gasteiger partial charge on any atom is 0.416 e. The van der Waals surface area contributed by atoms with E-state index < -0.39 is 11.7 Å². The molecule has 2 heterocycles. The van der Waals surface area contributed by atoms with Gasteiger partial charge in [-0.3, -0.25) is 0 Å². The quantitative estimate of drug-likeness (QED) is 0.647. The minimum Gasteiger partial charge on any atom is -0.316 e. The van der Waals surface area contributed by atoms with Gasteiger partial charge in [-0.15, -0.1) is 24.8 Å². The smallest absolute Gasteiger partial charge is 0.316 e. The van der Waals surface area contributed by atoms with Gasteiger partial charge in [0.25, 0.3) is 0 Å². The molecule has 0 spiro atoms. The number of nitrogens with one attached hydrogen (secondary N) is 1. The van der Waals surface area contributed by atoms with Crippen LogP contribution >= 0.6 is 24.8 Å². The predicted octanol–water partition coefficient (Wildman–Crippen LogP) is 4.20. The summed E-state index contributed by atoms with van der Waals surface area (Å²) >= 11 is 0. The number of alkyl halides is 3. The number of halogens is 5. The Morgan fingerprint density at radius 2 is 1.73 bits per heavy atom. The summed E-state index contributed by atoms with van der Waals surface area (Å²) in [6.45, 7) is 7.84. The summed E-state index contributed by atoms with van der Waals surface area (Å²) in [5.74, 6) is 3.53. The van der Waals surface area contributed by atoms with Gasteiger partial charge in [0, 0.05) is 19.6 Å². The van der Waals surface area contributed by atoms with Gasteiger partial charge < -0.3 is 15.1 Å². The number of rotatable bonds is 7. The Morgan fingerprint density at radius 3 is 2.37 bits per heavy atom. The first-order valence-corrected chi connectivity index (χ1v) is 10.7. The van der Waals surface area contributed by atoms with Crippen LogP contribution in [0, 0.1) is 23.7 Å². The molecule has 3 aliphatic rings. The minimum absolute atomic E-state index is 0. The molecule has 0 radical (unpaired) electrons. The number of hydrogen-bond acceptors (Lipinski definition) is 3. The highest BCUT2D eigenvalue weighted by atomic mass is 35.5. The summed E-state index contributed by atoms with van der Waals surface area (Å²) in [6.07, 6.45) is -1.17. The van der Waals surface area contributed by atoms with E-state index in [1.807, 2.05) is 0 Å². The van der Waals surface area contributed by atoms with E-state index in [2.05, 4.69) is 22.2 Å². The highest BCUT2D eigenvalue weighted by Crippen LogP contribution is 2.48. The Balaban J connectivity index is 0.00000160. The van der Waals surface area contributed by atoms with Gasteiger partial charge in [0.2, 0.25) is 0 Å². The zero-order chi connectivity index (χ0) is 19.7. The van der Waals surface area contributed by atoms with Crippen LogP contribution in [0.1, 0.15) is 24.0 Å². The van der Waals surface area contributed by atoms with Crippen molar-refractivity contribution in [3.05, 3.63) is 35.4 Å². The maximum absolute atomic E-state index is 12.8. The molecule has 3 atom stereocenters. The molecule has 2 saturated heterocycles. The van der Waals surface area contributed by atoms with Crippen molar-refractivity contribution in [1.29, 1.82) is 0 Å². The largest absolute Gasteiger partial charge is 0.416 e. The average molecular weight is 468 g/mol. The lowest BCUT2D eigenvalue weighted by molar-refractivity contribution is -0.137. The second-order valence-electron chi connectivity index (χ2n) is 9.10. The third kappa shape index (κ3) is 6.49. The Labute approximate surface area is 190 Å². The van der Waals surface area contributed by atoms with Crippen LogP contribution in [-0.2, 0) is 12.6 Å². The van der Waals surface area contributed by atoms with E-state index in [-0.39, 0.29) is 24.8 Å². The molecule has 8 heteroatoms. The van der Waals surface area contributed by atoms with Gasteiger partial charge in [0.05, 0.1) is 5.56 Å². The van der Waals surface area contributed by atoms with E-state index in [0.717, 1.165) is 54.9 Å². The fourth-order valence-electron chi connectivity index (χ4n) is 5.28. The molecule has 0 amide bonds. The summed E-state index contributed by atoms with van der Waals surface area (Å²) < 4.78 is 38.5. The van der Waals surface area contributed by atoms with E-state index >= 15 is 0 Å². The van der Waals surface area contributed by atoms with Crippen LogP contribution in [0.25, 0.3) is 0 Å². The summed E-state index contributed by atoms with van der Waals surface area (Å²) in [4.78, 5) is 4.94. The van der Waals surface area contributed by atoms with Crippen molar-refractivity contribution in [2.24, 2.45) is 23.7 Å². The van der Waals surface area contributed by atoms with Gasteiger partial charge >= 0.3 is 6.18 Å². The maximum atomic E-state index is 12.8. The van der Waals surface area contributed by atoms with Crippen LogP contribution in [-0.4, -0.2) is 62.7 Å². The third-order valence-corrected chi connectivity index (χ3v) is 7.04. The molecule has 172 valence electrons. The third-order valence-electron chi connectivity index (χ3n) is 7.04. The van der Waals surface area contributed by atoms with Gasteiger partial charge in [-0.2, -0.15) is 13.2 Å². The van der Waals surface area contributed by atoms with Gasteiger partial charge in [0.15, 0.2) is 0 Å². The first kappa shape index (κ1) is 25.7. The Kier molecular flexibility index (Phi) is 9.32. The molecule has 30 heavy (non-hydrogen) atoms. The number of piperidine rings is 2. The molecule has 1 aromatic carbocycles. The van der Waals surface area contributed by atoms with E-state index in [0.29, 0.717) is 6.42 Å². The standard InChI is InChI=1S/C22H32F3N3.2ClH/c1-27(15-21-19-12-26-13-20(19)21)14-17-6-9-28(10-7-17)8-5-16-3-2-4-18(11-16)22(23,24)25;;/h2-4,11,17,19-21,26H,5-10,12-15H2,1H3;2*1H/t19-,20+,21?;;. The summed E-state index contributed by atoms with van der Waals surface area (Å²) in [5.41, 5.74) is 0.239. The highest BCUT2D eigenvalue weighted by molar-refractivity contribution is 5.85. The van der Waals surface area contributed by atoms with Crippen molar-refractivity contribution in [3.8, 4) is 0 Å². The predicted molar refractivity (Wildman–Crippen MR) is 120 cm³/mol. The molecular weight excluding hydrogens is 434 g/mol. The van der Waals surface area contributed by atoms with Gasteiger partial charge in [0.1, 0.15) is 0 Å². The van der Waals surface area contributed by atoms with Crippen LogP contribution in [0.15, 0.2) is 24.3 Å². The lowest BCUT2D eigenvalue weighted by Gasteiger charge is -2.34. The fraction of sp³-hybridized carbons (Fsp3) is 0.727. The van der Waals surface area contributed by atoms with Crippen LogP contribution in [0.5, 0.6) is 0 Å². The Hall–Kier alpha value is -0.530. The second kappa shape index (κ2) is 10.9. The number of hydrogen-bond donors (Lipinski definition) is 1. The molecular formula is C22H34Cl2F3N3. The second-order valence-corrected chi connectivity index (χ2v) is 9.10. The number of benzene rings is 1. The van der Waals surface area contributed by atoms with E-state index in [1.165, 1.54) is 51.2 Å². The zero-order valence-electron chi connectivity index (χ0n) is 17.5. The topological polar surface area (TPSA) is 18.5 Å². The first-order valence-electron chi connectivity index (χ1n) is 10.7. The molecule has 1 aliphatic carbocycles. The van der Waals surface area contributed by atoms with Crippen LogP contribution < -0.4 is 5.32 Å². The lowest BCUT2D eigenvalue weighted by atomic mass is 9.95. The van der Waals surface area contributed by atoms with Crippen molar-refractivity contribution in [2.75, 3.05) is 52.9 Å². The van der Waals surface area contributed by atoms with E-state index in [4.69, 9.17) is 0 Å². The minimum atomic E-state index is -4.25.